The molecule has 0 aliphatic rings. The van der Waals surface area contributed by atoms with E-state index in [4.69, 9.17) is 0 Å². The highest BCUT2D eigenvalue weighted by Gasteiger charge is 2.04. The normalized spacial score (nSPS) is 10.7. The quantitative estimate of drug-likeness (QED) is 0.725. The van der Waals surface area contributed by atoms with E-state index in [0.29, 0.717) is 0 Å². The van der Waals surface area contributed by atoms with Gasteiger partial charge in [0.2, 0.25) is 0 Å². The van der Waals surface area contributed by atoms with Gasteiger partial charge in [0.25, 0.3) is 0 Å². The lowest BCUT2D eigenvalue weighted by atomic mass is 9.96. The van der Waals surface area contributed by atoms with E-state index in [1.165, 1.54) is 33.4 Å². The van der Waals surface area contributed by atoms with Crippen molar-refractivity contribution in [1.29, 1.82) is 0 Å². The van der Waals surface area contributed by atoms with Gasteiger partial charge in [-0.3, -0.25) is 0 Å². The Morgan fingerprint density at radius 3 is 1.44 bits per heavy atom. The van der Waals surface area contributed by atoms with Crippen molar-refractivity contribution in [2.75, 3.05) is 0 Å². The lowest BCUT2D eigenvalue weighted by Crippen LogP contribution is -1.90. The predicted octanol–water partition coefficient (Wildman–Crippen LogP) is 4.70. The molecule has 18 heavy (non-hydrogen) atoms. The first-order valence-corrected chi connectivity index (χ1v) is 6.68. The van der Waals surface area contributed by atoms with Gasteiger partial charge in [0.15, 0.2) is 0 Å². The number of hydrogen-bond acceptors (Lipinski definition) is 0. The molecule has 0 N–H and O–H groups in total. The lowest BCUT2D eigenvalue weighted by Gasteiger charge is -2.08. The molecule has 0 aliphatic carbocycles. The second-order valence-electron chi connectivity index (χ2n) is 4.88. The number of hydrogen-bond donors (Lipinski definition) is 0. The third-order valence-electron chi connectivity index (χ3n) is 3.23. The summed E-state index contributed by atoms with van der Waals surface area (Å²) in [5.74, 6) is 0. The van der Waals surface area contributed by atoms with E-state index in [1.807, 2.05) is 0 Å². The minimum Gasteiger partial charge on any atom is -0.0613 e. The Kier molecular flexibility index (Phi) is 3.86. The highest BCUT2D eigenvalue weighted by Crippen LogP contribution is 2.24. The number of rotatable bonds is 3. The zero-order valence-electron chi connectivity index (χ0n) is 11.7. The van der Waals surface area contributed by atoms with Gasteiger partial charge in [-0.25, -0.2) is 0 Å². The maximum atomic E-state index is 3.45. The molecule has 0 unspecified atom stereocenters. The fourth-order valence-corrected chi connectivity index (χ4v) is 2.28. The molecule has 0 aliphatic heterocycles. The van der Waals surface area contributed by atoms with Gasteiger partial charge in [-0.1, -0.05) is 38.1 Å². The summed E-state index contributed by atoms with van der Waals surface area (Å²) in [7, 11) is 0. The SMILES string of the molecule is CCc1cc(C)[c]c(-c2[c]c(C)cc(CC)c2)c1. The van der Waals surface area contributed by atoms with Crippen LogP contribution in [0.4, 0.5) is 0 Å². The zero-order valence-corrected chi connectivity index (χ0v) is 11.7. The summed E-state index contributed by atoms with van der Waals surface area (Å²) < 4.78 is 0. The Morgan fingerprint density at radius 2 is 1.11 bits per heavy atom. The van der Waals surface area contributed by atoms with Crippen LogP contribution in [0, 0.1) is 26.0 Å². The second-order valence-corrected chi connectivity index (χ2v) is 4.88. The van der Waals surface area contributed by atoms with Gasteiger partial charge in [0.05, 0.1) is 0 Å². The number of aryl methyl sites for hydroxylation is 4. The fraction of sp³-hybridized carbons (Fsp3) is 0.333. The molecular weight excluding hydrogens is 216 g/mol. The van der Waals surface area contributed by atoms with Crippen LogP contribution in [0.5, 0.6) is 0 Å². The minimum absolute atomic E-state index is 1.06. The molecule has 2 aromatic rings. The summed E-state index contributed by atoms with van der Waals surface area (Å²) in [5.41, 5.74) is 7.49. The minimum atomic E-state index is 1.06. The van der Waals surface area contributed by atoms with Crippen molar-refractivity contribution in [3.05, 3.63) is 58.7 Å². The van der Waals surface area contributed by atoms with Crippen LogP contribution < -0.4 is 0 Å². The second kappa shape index (κ2) is 5.39. The van der Waals surface area contributed by atoms with Gasteiger partial charge in [0, 0.05) is 0 Å². The van der Waals surface area contributed by atoms with E-state index < -0.39 is 0 Å². The first kappa shape index (κ1) is 12.9. The Bertz CT molecular complexity index is 498. The summed E-state index contributed by atoms with van der Waals surface area (Å²) in [5, 5.41) is 0. The molecule has 0 saturated carbocycles. The Balaban J connectivity index is 2.53. The molecule has 0 saturated heterocycles. The summed E-state index contributed by atoms with van der Waals surface area (Å²) in [6.45, 7) is 8.60. The smallest absolute Gasteiger partial charge is 0.00668 e. The molecular formula is C18H20. The molecule has 2 rings (SSSR count). The first-order valence-electron chi connectivity index (χ1n) is 6.68. The van der Waals surface area contributed by atoms with E-state index >= 15 is 0 Å². The van der Waals surface area contributed by atoms with Gasteiger partial charge >= 0.3 is 0 Å². The molecule has 0 spiro atoms. The van der Waals surface area contributed by atoms with Gasteiger partial charge in [-0.05, 0) is 72.2 Å². The van der Waals surface area contributed by atoms with Crippen LogP contribution in [0.25, 0.3) is 11.1 Å². The predicted molar refractivity (Wildman–Crippen MR) is 77.8 cm³/mol. The van der Waals surface area contributed by atoms with Crippen LogP contribution in [0.15, 0.2) is 24.3 Å². The maximum Gasteiger partial charge on any atom is -0.00668 e. The molecule has 0 bridgehead atoms. The van der Waals surface area contributed by atoms with Crippen molar-refractivity contribution in [2.45, 2.75) is 40.5 Å². The summed E-state index contributed by atoms with van der Waals surface area (Å²) in [6.07, 6.45) is 2.13. The molecule has 2 aromatic carbocycles. The van der Waals surface area contributed by atoms with Crippen LogP contribution in [0.3, 0.4) is 0 Å². The monoisotopic (exact) mass is 236 g/mol. The molecule has 0 atom stereocenters. The molecule has 0 nitrogen and oxygen atoms in total. The van der Waals surface area contributed by atoms with Crippen molar-refractivity contribution in [2.24, 2.45) is 0 Å². The standard InChI is InChI=1S/C18H20/c1-5-15-7-13(3)9-17(11-15)18-10-14(4)8-16(6-2)12-18/h7-8,11-12H,5-6H2,1-4H3. The van der Waals surface area contributed by atoms with E-state index in [1.54, 1.807) is 0 Å². The van der Waals surface area contributed by atoms with Crippen LogP contribution in [0.2, 0.25) is 0 Å². The van der Waals surface area contributed by atoms with Gasteiger partial charge in [0.1, 0.15) is 0 Å². The maximum absolute atomic E-state index is 3.45. The average molecular weight is 236 g/mol. The molecule has 0 heterocycles. The Labute approximate surface area is 111 Å². The number of benzene rings is 2. The third kappa shape index (κ3) is 2.81. The molecule has 0 amide bonds. The van der Waals surface area contributed by atoms with Crippen LogP contribution >= 0.6 is 0 Å². The highest BCUT2D eigenvalue weighted by atomic mass is 14.1. The van der Waals surface area contributed by atoms with Crippen molar-refractivity contribution in [1.82, 2.24) is 0 Å². The van der Waals surface area contributed by atoms with Gasteiger partial charge in [-0.2, -0.15) is 0 Å². The van der Waals surface area contributed by atoms with Gasteiger partial charge < -0.3 is 0 Å². The first-order chi connectivity index (χ1) is 8.62. The van der Waals surface area contributed by atoms with Crippen molar-refractivity contribution in [3.8, 4) is 11.1 Å². The van der Waals surface area contributed by atoms with E-state index in [0.717, 1.165) is 12.8 Å². The van der Waals surface area contributed by atoms with Crippen molar-refractivity contribution >= 4 is 0 Å². The molecule has 0 fully saturated rings. The Morgan fingerprint density at radius 1 is 0.722 bits per heavy atom. The van der Waals surface area contributed by atoms with Crippen molar-refractivity contribution < 1.29 is 0 Å². The summed E-state index contributed by atoms with van der Waals surface area (Å²) in [4.78, 5) is 0. The van der Waals surface area contributed by atoms with E-state index in [-0.39, 0.29) is 0 Å². The van der Waals surface area contributed by atoms with Crippen LogP contribution in [-0.4, -0.2) is 0 Å². The Hall–Kier alpha value is -1.56. The van der Waals surface area contributed by atoms with Crippen molar-refractivity contribution in [3.63, 3.8) is 0 Å². The third-order valence-corrected chi connectivity index (χ3v) is 3.23. The molecule has 92 valence electrons. The summed E-state index contributed by atoms with van der Waals surface area (Å²) in [6, 6.07) is 15.8. The van der Waals surface area contributed by atoms with E-state index in [2.05, 4.69) is 64.1 Å². The molecule has 0 aromatic heterocycles. The largest absolute Gasteiger partial charge is 0.0613 e. The van der Waals surface area contributed by atoms with E-state index in [9.17, 15) is 0 Å². The fourth-order valence-electron chi connectivity index (χ4n) is 2.28. The topological polar surface area (TPSA) is 0 Å². The van der Waals surface area contributed by atoms with Crippen LogP contribution in [-0.2, 0) is 12.8 Å². The average Bonchev–Trinajstić information content (AvgIpc) is 2.37. The highest BCUT2D eigenvalue weighted by molar-refractivity contribution is 5.65. The molecule has 2 radical (unpaired) electrons. The van der Waals surface area contributed by atoms with Gasteiger partial charge in [-0.15, -0.1) is 0 Å². The summed E-state index contributed by atoms with van der Waals surface area (Å²) >= 11 is 0. The molecule has 0 heteroatoms. The lowest BCUT2D eigenvalue weighted by molar-refractivity contribution is 1.12. The zero-order chi connectivity index (χ0) is 13.1. The van der Waals surface area contributed by atoms with Crippen LogP contribution in [0.1, 0.15) is 36.1 Å².